The predicted octanol–water partition coefficient (Wildman–Crippen LogP) is 2.55. The molecular weight excluding hydrogens is 258 g/mol. The highest BCUT2D eigenvalue weighted by Gasteiger charge is 2.16. The molecule has 0 bridgehead atoms. The molecule has 1 aliphatic rings. The molecule has 0 amide bonds. The molecule has 102 valence electrons. The van der Waals surface area contributed by atoms with Crippen LogP contribution in [0.25, 0.3) is 10.9 Å². The summed E-state index contributed by atoms with van der Waals surface area (Å²) in [5, 5.41) is 5.51. The number of hydrogen-bond acceptors (Lipinski definition) is 2. The molecule has 2 aromatic rings. The van der Waals surface area contributed by atoms with Gasteiger partial charge in [0.2, 0.25) is 0 Å². The highest BCUT2D eigenvalue weighted by Crippen LogP contribution is 2.28. The molecule has 1 aromatic carbocycles. The van der Waals surface area contributed by atoms with Gasteiger partial charge in [-0.1, -0.05) is 11.6 Å². The minimum Gasteiger partial charge on any atom is -0.348 e. The van der Waals surface area contributed by atoms with Crippen molar-refractivity contribution in [1.29, 1.82) is 0 Å². The van der Waals surface area contributed by atoms with Gasteiger partial charge in [0.15, 0.2) is 0 Å². The maximum Gasteiger partial charge on any atom is 0.0484 e. The van der Waals surface area contributed by atoms with Gasteiger partial charge in [-0.25, -0.2) is 0 Å². The van der Waals surface area contributed by atoms with E-state index in [1.807, 2.05) is 6.07 Å². The molecule has 1 saturated heterocycles. The third kappa shape index (κ3) is 2.38. The third-order valence-electron chi connectivity index (χ3n) is 4.18. The molecule has 0 radical (unpaired) electrons. The van der Waals surface area contributed by atoms with Crippen molar-refractivity contribution in [2.24, 2.45) is 7.05 Å². The van der Waals surface area contributed by atoms with Crippen LogP contribution in [0.1, 0.15) is 11.3 Å². The molecule has 3 nitrogen and oxygen atoms in total. The fourth-order valence-electron chi connectivity index (χ4n) is 2.91. The molecule has 0 atom stereocenters. The molecule has 1 aliphatic heterocycles. The summed E-state index contributed by atoms with van der Waals surface area (Å²) >= 11 is 6.16. The molecule has 19 heavy (non-hydrogen) atoms. The van der Waals surface area contributed by atoms with Crippen LogP contribution < -0.4 is 5.32 Å². The molecule has 0 aliphatic carbocycles. The van der Waals surface area contributed by atoms with Crippen molar-refractivity contribution >= 4 is 22.5 Å². The lowest BCUT2D eigenvalue weighted by atomic mass is 10.1. The van der Waals surface area contributed by atoms with Crippen LogP contribution in [-0.2, 0) is 13.6 Å². The quantitative estimate of drug-likeness (QED) is 0.910. The maximum atomic E-state index is 6.16. The molecule has 2 heterocycles. The summed E-state index contributed by atoms with van der Waals surface area (Å²) in [4.78, 5) is 2.51. The summed E-state index contributed by atoms with van der Waals surface area (Å²) in [6, 6.07) is 6.19. The second-order valence-corrected chi connectivity index (χ2v) is 5.75. The summed E-state index contributed by atoms with van der Waals surface area (Å²) in [6.45, 7) is 7.64. The number of benzene rings is 1. The number of halogens is 1. The lowest BCUT2D eigenvalue weighted by Crippen LogP contribution is -2.42. The smallest absolute Gasteiger partial charge is 0.0484 e. The zero-order valence-electron chi connectivity index (χ0n) is 11.5. The van der Waals surface area contributed by atoms with E-state index in [0.717, 1.165) is 37.7 Å². The Labute approximate surface area is 119 Å². The molecule has 1 aromatic heterocycles. The van der Waals surface area contributed by atoms with Gasteiger partial charge < -0.3 is 9.88 Å². The first-order chi connectivity index (χ1) is 9.16. The van der Waals surface area contributed by atoms with Crippen molar-refractivity contribution in [2.45, 2.75) is 13.5 Å². The molecule has 4 heteroatoms. The van der Waals surface area contributed by atoms with Crippen LogP contribution in [0.5, 0.6) is 0 Å². The van der Waals surface area contributed by atoms with E-state index in [1.165, 1.54) is 22.2 Å². The number of fused-ring (bicyclic) bond motifs is 1. The zero-order valence-corrected chi connectivity index (χ0v) is 12.3. The van der Waals surface area contributed by atoms with Crippen LogP contribution in [0.15, 0.2) is 18.2 Å². The first-order valence-electron chi connectivity index (χ1n) is 6.83. The van der Waals surface area contributed by atoms with Crippen LogP contribution in [0.2, 0.25) is 5.02 Å². The van der Waals surface area contributed by atoms with Gasteiger partial charge in [0, 0.05) is 61.4 Å². The van der Waals surface area contributed by atoms with Gasteiger partial charge in [0.25, 0.3) is 0 Å². The fourth-order valence-corrected chi connectivity index (χ4v) is 3.09. The Hall–Kier alpha value is -1.03. The van der Waals surface area contributed by atoms with Crippen molar-refractivity contribution in [3.63, 3.8) is 0 Å². The lowest BCUT2D eigenvalue weighted by Gasteiger charge is -2.27. The third-order valence-corrected chi connectivity index (χ3v) is 4.41. The average Bonchev–Trinajstić information content (AvgIpc) is 2.65. The van der Waals surface area contributed by atoms with E-state index in [9.17, 15) is 0 Å². The molecule has 3 rings (SSSR count). The van der Waals surface area contributed by atoms with Crippen LogP contribution in [0, 0.1) is 6.92 Å². The number of aryl methyl sites for hydroxylation is 1. The fraction of sp³-hybridized carbons (Fsp3) is 0.467. The van der Waals surface area contributed by atoms with E-state index < -0.39 is 0 Å². The average molecular weight is 278 g/mol. The summed E-state index contributed by atoms with van der Waals surface area (Å²) in [6.07, 6.45) is 0. The monoisotopic (exact) mass is 277 g/mol. The molecular formula is C15H20ClN3. The summed E-state index contributed by atoms with van der Waals surface area (Å²) in [5.74, 6) is 0. The first-order valence-corrected chi connectivity index (χ1v) is 7.21. The van der Waals surface area contributed by atoms with Crippen LogP contribution in [-0.4, -0.2) is 35.6 Å². The minimum absolute atomic E-state index is 0.819. The van der Waals surface area contributed by atoms with Gasteiger partial charge in [0.05, 0.1) is 0 Å². The van der Waals surface area contributed by atoms with E-state index in [2.05, 4.69) is 40.9 Å². The van der Waals surface area contributed by atoms with E-state index in [-0.39, 0.29) is 0 Å². The first kappa shape index (κ1) is 13.0. The van der Waals surface area contributed by atoms with Crippen molar-refractivity contribution in [3.8, 4) is 0 Å². The number of hydrogen-bond donors (Lipinski definition) is 1. The van der Waals surface area contributed by atoms with E-state index in [0.29, 0.717) is 0 Å². The standard InChI is InChI=1S/C15H20ClN3/c1-11-14(10-19-7-5-17-6-8-19)13-9-12(16)3-4-15(13)18(11)2/h3-4,9,17H,5-8,10H2,1-2H3. The molecule has 0 unspecified atom stereocenters. The normalized spacial score (nSPS) is 17.2. The summed E-state index contributed by atoms with van der Waals surface area (Å²) in [5.41, 5.74) is 4.03. The SMILES string of the molecule is Cc1c(CN2CCNCC2)c2cc(Cl)ccc2n1C. The Morgan fingerprint density at radius 3 is 2.74 bits per heavy atom. The minimum atomic E-state index is 0.819. The van der Waals surface area contributed by atoms with Gasteiger partial charge in [-0.2, -0.15) is 0 Å². The van der Waals surface area contributed by atoms with Crippen molar-refractivity contribution in [2.75, 3.05) is 26.2 Å². The second-order valence-electron chi connectivity index (χ2n) is 5.31. The highest BCUT2D eigenvalue weighted by atomic mass is 35.5. The Balaban J connectivity index is 2.01. The molecule has 1 N–H and O–H groups in total. The second kappa shape index (κ2) is 5.16. The van der Waals surface area contributed by atoms with Crippen LogP contribution in [0.4, 0.5) is 0 Å². The van der Waals surface area contributed by atoms with Crippen molar-refractivity contribution in [1.82, 2.24) is 14.8 Å². The van der Waals surface area contributed by atoms with Crippen molar-refractivity contribution < 1.29 is 0 Å². The largest absolute Gasteiger partial charge is 0.348 e. The Morgan fingerprint density at radius 2 is 2.00 bits per heavy atom. The van der Waals surface area contributed by atoms with E-state index in [4.69, 9.17) is 11.6 Å². The predicted molar refractivity (Wildman–Crippen MR) is 80.8 cm³/mol. The zero-order chi connectivity index (χ0) is 13.4. The number of piperazine rings is 1. The lowest BCUT2D eigenvalue weighted by molar-refractivity contribution is 0.233. The Bertz CT molecular complexity index is 597. The number of rotatable bonds is 2. The van der Waals surface area contributed by atoms with Gasteiger partial charge in [-0.15, -0.1) is 0 Å². The molecule has 0 spiro atoms. The Morgan fingerprint density at radius 1 is 1.26 bits per heavy atom. The Kier molecular flexibility index (Phi) is 3.52. The maximum absolute atomic E-state index is 6.16. The number of nitrogens with one attached hydrogen (secondary N) is 1. The summed E-state index contributed by atoms with van der Waals surface area (Å²) < 4.78 is 2.27. The number of aromatic nitrogens is 1. The molecule has 1 fully saturated rings. The van der Waals surface area contributed by atoms with E-state index >= 15 is 0 Å². The van der Waals surface area contributed by atoms with Crippen LogP contribution >= 0.6 is 11.6 Å². The number of nitrogens with zero attached hydrogens (tertiary/aromatic N) is 2. The topological polar surface area (TPSA) is 20.2 Å². The van der Waals surface area contributed by atoms with E-state index in [1.54, 1.807) is 0 Å². The van der Waals surface area contributed by atoms with Crippen molar-refractivity contribution in [3.05, 3.63) is 34.5 Å². The summed E-state index contributed by atoms with van der Waals surface area (Å²) in [7, 11) is 2.13. The van der Waals surface area contributed by atoms with Gasteiger partial charge in [-0.05, 0) is 30.7 Å². The van der Waals surface area contributed by atoms with Gasteiger partial charge >= 0.3 is 0 Å². The highest BCUT2D eigenvalue weighted by molar-refractivity contribution is 6.31. The molecule has 0 saturated carbocycles. The van der Waals surface area contributed by atoms with Crippen LogP contribution in [0.3, 0.4) is 0 Å². The van der Waals surface area contributed by atoms with Gasteiger partial charge in [0.1, 0.15) is 0 Å². The van der Waals surface area contributed by atoms with Gasteiger partial charge in [-0.3, -0.25) is 4.90 Å².